The van der Waals surface area contributed by atoms with Crippen molar-refractivity contribution in [3.8, 4) is 17.1 Å². The van der Waals surface area contributed by atoms with E-state index in [9.17, 15) is 9.90 Å². The minimum Gasteiger partial charge on any atom is -0.390 e. The summed E-state index contributed by atoms with van der Waals surface area (Å²) >= 11 is 0. The molecule has 0 radical (unpaired) electrons. The first-order chi connectivity index (χ1) is 16.7. The Balaban J connectivity index is 1.37. The van der Waals surface area contributed by atoms with Crippen LogP contribution in [0.4, 0.5) is 5.82 Å². The molecule has 5 rings (SSSR count). The highest BCUT2D eigenvalue weighted by molar-refractivity contribution is 5.94. The van der Waals surface area contributed by atoms with E-state index in [1.165, 1.54) is 27.6 Å². The highest BCUT2D eigenvalue weighted by Gasteiger charge is 2.29. The Kier molecular flexibility index (Phi) is 6.06. The summed E-state index contributed by atoms with van der Waals surface area (Å²) in [5.41, 5.74) is 11.6. The molecule has 1 aliphatic heterocycles. The Bertz CT molecular complexity index is 1260. The smallest absolute Gasteiger partial charge is 0.254 e. The van der Waals surface area contributed by atoms with E-state index in [0.717, 1.165) is 37.9 Å². The van der Waals surface area contributed by atoms with Crippen LogP contribution in [0.3, 0.4) is 0 Å². The van der Waals surface area contributed by atoms with Gasteiger partial charge in [0.05, 0.1) is 29.3 Å². The number of rotatable bonds is 4. The van der Waals surface area contributed by atoms with Crippen molar-refractivity contribution in [3.63, 3.8) is 0 Å². The summed E-state index contributed by atoms with van der Waals surface area (Å²) in [6.07, 6.45) is 8.74. The molecule has 35 heavy (non-hydrogen) atoms. The number of fused-ring (bicyclic) bond motifs is 1. The minimum absolute atomic E-state index is 0.0468. The average Bonchev–Trinajstić information content (AvgIpc) is 3.30. The predicted molar refractivity (Wildman–Crippen MR) is 134 cm³/mol. The van der Waals surface area contributed by atoms with E-state index in [0.29, 0.717) is 29.9 Å². The first-order valence-electron chi connectivity index (χ1n) is 12.2. The quantitative estimate of drug-likeness (QED) is 0.530. The van der Waals surface area contributed by atoms with E-state index in [2.05, 4.69) is 46.4 Å². The molecule has 184 valence electrons. The van der Waals surface area contributed by atoms with Gasteiger partial charge in [-0.05, 0) is 81.8 Å². The largest absolute Gasteiger partial charge is 0.390 e. The van der Waals surface area contributed by atoms with Gasteiger partial charge in [-0.2, -0.15) is 5.10 Å². The van der Waals surface area contributed by atoms with Crippen LogP contribution in [0.15, 0.2) is 30.7 Å². The molecule has 0 saturated heterocycles. The zero-order valence-electron chi connectivity index (χ0n) is 20.6. The van der Waals surface area contributed by atoms with Gasteiger partial charge in [-0.1, -0.05) is 0 Å². The van der Waals surface area contributed by atoms with E-state index >= 15 is 0 Å². The number of carbonyl (C=O) groups is 1. The maximum absolute atomic E-state index is 12.8. The topological polar surface area (TPSA) is 122 Å². The van der Waals surface area contributed by atoms with Gasteiger partial charge in [0.15, 0.2) is 11.6 Å². The molecule has 1 fully saturated rings. The summed E-state index contributed by atoms with van der Waals surface area (Å²) in [5, 5.41) is 17.5. The zero-order valence-corrected chi connectivity index (χ0v) is 20.6. The lowest BCUT2D eigenvalue weighted by Gasteiger charge is -2.33. The van der Waals surface area contributed by atoms with Crippen LogP contribution >= 0.6 is 0 Å². The minimum atomic E-state index is -0.639. The van der Waals surface area contributed by atoms with Gasteiger partial charge in [-0.25, -0.2) is 14.6 Å². The molecule has 1 saturated carbocycles. The molecule has 3 heterocycles. The van der Waals surface area contributed by atoms with Gasteiger partial charge in [0, 0.05) is 30.9 Å². The number of hydrogen-bond donors (Lipinski definition) is 3. The van der Waals surface area contributed by atoms with Gasteiger partial charge in [-0.15, -0.1) is 0 Å². The molecule has 4 N–H and O–H groups in total. The van der Waals surface area contributed by atoms with Crippen LogP contribution in [0.1, 0.15) is 59.7 Å². The number of nitrogens with two attached hydrogens (primary N) is 1. The molecular weight excluding hydrogens is 442 g/mol. The van der Waals surface area contributed by atoms with Crippen LogP contribution in [0.5, 0.6) is 0 Å². The maximum atomic E-state index is 12.8. The van der Waals surface area contributed by atoms with Crippen molar-refractivity contribution in [1.82, 2.24) is 30.0 Å². The fourth-order valence-corrected chi connectivity index (χ4v) is 5.11. The number of hydrogen-bond acceptors (Lipinski definition) is 7. The lowest BCUT2D eigenvalue weighted by atomic mass is 9.83. The Labute approximate surface area is 205 Å². The van der Waals surface area contributed by atoms with Crippen molar-refractivity contribution in [2.24, 2.45) is 0 Å². The van der Waals surface area contributed by atoms with Crippen molar-refractivity contribution < 1.29 is 9.90 Å². The van der Waals surface area contributed by atoms with E-state index in [1.54, 1.807) is 12.4 Å². The lowest BCUT2D eigenvalue weighted by molar-refractivity contribution is 0.0140. The second kappa shape index (κ2) is 9.05. The van der Waals surface area contributed by atoms with Gasteiger partial charge in [0.25, 0.3) is 5.91 Å². The van der Waals surface area contributed by atoms with Crippen molar-refractivity contribution in [1.29, 1.82) is 0 Å². The number of nitrogens with one attached hydrogen (secondary N) is 1. The van der Waals surface area contributed by atoms with E-state index in [-0.39, 0.29) is 17.8 Å². The maximum Gasteiger partial charge on any atom is 0.254 e. The molecule has 0 unspecified atom stereocenters. The van der Waals surface area contributed by atoms with Crippen LogP contribution in [0.2, 0.25) is 0 Å². The normalized spacial score (nSPS) is 22.6. The molecule has 1 aromatic carbocycles. The first kappa shape index (κ1) is 23.4. The van der Waals surface area contributed by atoms with Gasteiger partial charge in [-0.3, -0.25) is 4.79 Å². The second-order valence-corrected chi connectivity index (χ2v) is 10.3. The summed E-state index contributed by atoms with van der Waals surface area (Å²) in [7, 11) is 2.13. The SMILES string of the molecule is Cc1cc(-c2cnc(N)c(-n3cc(C(=O)N[C@H]4CC[C@@](C)(O)CC4)cn3)n2)cc2c1CCN(C)C2. The second-order valence-electron chi connectivity index (χ2n) is 10.3. The summed E-state index contributed by atoms with van der Waals surface area (Å²) in [5.74, 6) is 0.440. The van der Waals surface area contributed by atoms with Gasteiger partial charge in [0.1, 0.15) is 0 Å². The summed E-state index contributed by atoms with van der Waals surface area (Å²) < 4.78 is 1.51. The molecule has 3 aromatic rings. The number of anilines is 1. The number of aryl methyl sites for hydroxylation is 1. The summed E-state index contributed by atoms with van der Waals surface area (Å²) in [6.45, 7) is 5.97. The summed E-state index contributed by atoms with van der Waals surface area (Å²) in [4.78, 5) is 24.2. The number of benzene rings is 1. The van der Waals surface area contributed by atoms with E-state index in [4.69, 9.17) is 10.7 Å². The number of aromatic nitrogens is 4. The van der Waals surface area contributed by atoms with Gasteiger partial charge in [0.2, 0.25) is 0 Å². The highest BCUT2D eigenvalue weighted by Crippen LogP contribution is 2.30. The number of amides is 1. The molecule has 2 aliphatic rings. The number of nitrogen functional groups attached to an aromatic ring is 1. The Morgan fingerprint density at radius 2 is 2.03 bits per heavy atom. The number of nitrogens with zero attached hydrogens (tertiary/aromatic N) is 5. The number of aliphatic hydroxyl groups is 1. The molecule has 2 aromatic heterocycles. The van der Waals surface area contributed by atoms with Crippen molar-refractivity contribution in [2.75, 3.05) is 19.3 Å². The van der Waals surface area contributed by atoms with Crippen LogP contribution in [-0.2, 0) is 13.0 Å². The Hall–Kier alpha value is -3.30. The van der Waals surface area contributed by atoms with E-state index < -0.39 is 5.60 Å². The molecular formula is C26H33N7O2. The third-order valence-electron chi connectivity index (χ3n) is 7.29. The summed E-state index contributed by atoms with van der Waals surface area (Å²) in [6, 6.07) is 4.38. The van der Waals surface area contributed by atoms with Crippen molar-refractivity contribution in [3.05, 3.63) is 53.0 Å². The molecule has 1 aliphatic carbocycles. The lowest BCUT2D eigenvalue weighted by Crippen LogP contribution is -2.42. The van der Waals surface area contributed by atoms with E-state index in [1.807, 2.05) is 6.92 Å². The van der Waals surface area contributed by atoms with Crippen molar-refractivity contribution >= 4 is 11.7 Å². The number of carbonyl (C=O) groups excluding carboxylic acids is 1. The van der Waals surface area contributed by atoms with Crippen LogP contribution in [0, 0.1) is 6.92 Å². The molecule has 1 amide bonds. The van der Waals surface area contributed by atoms with Gasteiger partial charge < -0.3 is 21.1 Å². The van der Waals surface area contributed by atoms with Crippen LogP contribution < -0.4 is 11.1 Å². The third kappa shape index (κ3) is 4.92. The molecule has 0 atom stereocenters. The standard InChI is InChI=1S/C26H33N7O2/c1-16-10-17(11-18-14-32(3)9-6-21(16)18)22-13-28-23(27)24(31-22)33-15-19(12-29-33)25(34)30-20-4-7-26(2,35)8-5-20/h10-13,15,20,35H,4-9,14H2,1-3H3,(H2,27,28)(H,30,34)/t20-,26+. The Morgan fingerprint density at radius 3 is 2.80 bits per heavy atom. The molecule has 0 bridgehead atoms. The Morgan fingerprint density at radius 1 is 1.26 bits per heavy atom. The fourth-order valence-electron chi connectivity index (χ4n) is 5.11. The van der Waals surface area contributed by atoms with Crippen molar-refractivity contribution in [2.45, 2.75) is 64.1 Å². The van der Waals surface area contributed by atoms with Gasteiger partial charge >= 0.3 is 0 Å². The average molecular weight is 476 g/mol. The zero-order chi connectivity index (χ0) is 24.7. The highest BCUT2D eigenvalue weighted by atomic mass is 16.3. The molecule has 9 heteroatoms. The molecule has 0 spiro atoms. The third-order valence-corrected chi connectivity index (χ3v) is 7.29. The predicted octanol–water partition coefficient (Wildman–Crippen LogP) is 2.63. The van der Waals surface area contributed by atoms with Crippen LogP contribution in [0.25, 0.3) is 17.1 Å². The fraction of sp³-hybridized carbons (Fsp3) is 0.462. The van der Waals surface area contributed by atoms with Crippen LogP contribution in [-0.4, -0.2) is 60.9 Å². The monoisotopic (exact) mass is 475 g/mol. The first-order valence-corrected chi connectivity index (χ1v) is 12.2. The number of likely N-dealkylation sites (N-methyl/N-ethyl adjacent to an activating group) is 1. The molecule has 9 nitrogen and oxygen atoms in total.